The number of hydrogen-bond acceptors (Lipinski definition) is 7. The molecule has 0 bridgehead atoms. The molecule has 172 valence electrons. The Labute approximate surface area is 205 Å². The van der Waals surface area contributed by atoms with Crippen molar-refractivity contribution in [3.8, 4) is 11.5 Å². The van der Waals surface area contributed by atoms with Gasteiger partial charge in [0.15, 0.2) is 5.75 Å². The second-order valence-electron chi connectivity index (χ2n) is 6.21. The summed E-state index contributed by atoms with van der Waals surface area (Å²) in [7, 11) is -4.36. The van der Waals surface area contributed by atoms with Crippen molar-refractivity contribution >= 4 is 73.5 Å². The molecule has 3 aromatic carbocycles. The molecule has 33 heavy (non-hydrogen) atoms. The van der Waals surface area contributed by atoms with Crippen LogP contribution in [-0.2, 0) is 10.0 Å². The first-order valence-electron chi connectivity index (χ1n) is 8.46. The molecule has 0 saturated heterocycles. The van der Waals surface area contributed by atoms with Gasteiger partial charge >= 0.3 is 0 Å². The van der Waals surface area contributed by atoms with E-state index in [1.807, 2.05) is 0 Å². The van der Waals surface area contributed by atoms with Crippen molar-refractivity contribution in [1.29, 1.82) is 0 Å². The molecular formula is C18H9Cl4N3O7S. The van der Waals surface area contributed by atoms with Gasteiger partial charge in [0, 0.05) is 23.2 Å². The topological polar surface area (TPSA) is 142 Å². The maximum atomic E-state index is 12.8. The average molecular weight is 553 g/mol. The summed E-state index contributed by atoms with van der Waals surface area (Å²) >= 11 is 24.0. The van der Waals surface area contributed by atoms with Gasteiger partial charge in [-0.05, 0) is 30.3 Å². The summed E-state index contributed by atoms with van der Waals surface area (Å²) in [6.07, 6.45) is 0. The fraction of sp³-hybridized carbons (Fsp3) is 0. The van der Waals surface area contributed by atoms with Crippen molar-refractivity contribution in [3.63, 3.8) is 0 Å². The number of nitro benzene ring substituents is 2. The summed E-state index contributed by atoms with van der Waals surface area (Å²) < 4.78 is 33.2. The highest BCUT2D eigenvalue weighted by Crippen LogP contribution is 2.41. The number of nitrogens with one attached hydrogen (secondary N) is 1. The van der Waals surface area contributed by atoms with E-state index in [-0.39, 0.29) is 43.0 Å². The van der Waals surface area contributed by atoms with Crippen LogP contribution in [0.15, 0.2) is 53.4 Å². The van der Waals surface area contributed by atoms with Crippen molar-refractivity contribution in [3.05, 3.63) is 88.9 Å². The van der Waals surface area contributed by atoms with E-state index in [2.05, 4.69) is 4.72 Å². The van der Waals surface area contributed by atoms with Crippen LogP contribution >= 0.6 is 46.4 Å². The Bertz CT molecular complexity index is 1380. The Kier molecular flexibility index (Phi) is 7.20. The van der Waals surface area contributed by atoms with Crippen LogP contribution in [0, 0.1) is 20.2 Å². The predicted octanol–water partition coefficient (Wildman–Crippen LogP) is 6.71. The number of halogens is 4. The lowest BCUT2D eigenvalue weighted by atomic mass is 10.3. The van der Waals surface area contributed by atoms with Gasteiger partial charge in [-0.3, -0.25) is 25.0 Å². The quantitative estimate of drug-likeness (QED) is 0.253. The van der Waals surface area contributed by atoms with Gasteiger partial charge in [-0.15, -0.1) is 0 Å². The maximum absolute atomic E-state index is 12.8. The molecule has 0 radical (unpaired) electrons. The van der Waals surface area contributed by atoms with Gasteiger partial charge in [0.2, 0.25) is 0 Å². The van der Waals surface area contributed by atoms with Crippen LogP contribution in [-0.4, -0.2) is 18.3 Å². The van der Waals surface area contributed by atoms with Gasteiger partial charge in [0.25, 0.3) is 21.4 Å². The number of anilines is 1. The zero-order valence-electron chi connectivity index (χ0n) is 15.8. The minimum atomic E-state index is -4.36. The highest BCUT2D eigenvalue weighted by molar-refractivity contribution is 7.92. The molecule has 0 aliphatic carbocycles. The lowest BCUT2D eigenvalue weighted by Gasteiger charge is -2.14. The SMILES string of the molecule is O=[N+]([O-])c1ccc(Oc2c(Cl)cc(S(=O)(=O)Nc3ccc(Cl)cc3[N+](=O)[O-])cc2Cl)c(Cl)c1. The van der Waals surface area contributed by atoms with E-state index in [0.717, 1.165) is 36.4 Å². The van der Waals surface area contributed by atoms with Crippen LogP contribution in [0.4, 0.5) is 17.1 Å². The Hall–Kier alpha value is -2.83. The Morgan fingerprint density at radius 1 is 0.818 bits per heavy atom. The van der Waals surface area contributed by atoms with E-state index >= 15 is 0 Å². The van der Waals surface area contributed by atoms with Crippen molar-refractivity contribution in [1.82, 2.24) is 0 Å². The molecule has 15 heteroatoms. The maximum Gasteiger partial charge on any atom is 0.294 e. The molecule has 1 N–H and O–H groups in total. The summed E-state index contributed by atoms with van der Waals surface area (Å²) in [5.41, 5.74) is -1.15. The molecular weight excluding hydrogens is 544 g/mol. The molecule has 0 aliphatic heterocycles. The first-order chi connectivity index (χ1) is 15.4. The molecule has 0 aromatic heterocycles. The molecule has 0 amide bonds. The third-order valence-electron chi connectivity index (χ3n) is 4.02. The van der Waals surface area contributed by atoms with Crippen molar-refractivity contribution in [2.45, 2.75) is 4.90 Å². The van der Waals surface area contributed by atoms with Gasteiger partial charge < -0.3 is 4.74 Å². The zero-order chi connectivity index (χ0) is 24.5. The zero-order valence-corrected chi connectivity index (χ0v) is 19.6. The number of nitro groups is 2. The molecule has 0 unspecified atom stereocenters. The first-order valence-corrected chi connectivity index (χ1v) is 11.5. The van der Waals surface area contributed by atoms with E-state index in [0.29, 0.717) is 0 Å². The highest BCUT2D eigenvalue weighted by atomic mass is 35.5. The minimum Gasteiger partial charge on any atom is -0.453 e. The summed E-state index contributed by atoms with van der Waals surface area (Å²) in [6, 6.07) is 8.83. The molecule has 0 aliphatic rings. The molecule has 3 aromatic rings. The lowest BCUT2D eigenvalue weighted by molar-refractivity contribution is -0.384. The number of ether oxygens (including phenoxy) is 1. The fourth-order valence-corrected chi connectivity index (χ4v) is 4.73. The number of benzene rings is 3. The second-order valence-corrected chi connectivity index (χ2v) is 9.55. The number of rotatable bonds is 7. The van der Waals surface area contributed by atoms with Crippen molar-refractivity contribution in [2.24, 2.45) is 0 Å². The molecule has 0 saturated carbocycles. The van der Waals surface area contributed by atoms with Crippen LogP contribution in [0.25, 0.3) is 0 Å². The molecule has 0 spiro atoms. The van der Waals surface area contributed by atoms with E-state index in [9.17, 15) is 28.6 Å². The Morgan fingerprint density at radius 3 is 2.00 bits per heavy atom. The fourth-order valence-electron chi connectivity index (χ4n) is 2.53. The van der Waals surface area contributed by atoms with E-state index in [1.165, 1.54) is 12.1 Å². The minimum absolute atomic E-state index is 0.0170. The third-order valence-corrected chi connectivity index (χ3v) is 6.46. The monoisotopic (exact) mass is 551 g/mol. The highest BCUT2D eigenvalue weighted by Gasteiger charge is 2.24. The van der Waals surface area contributed by atoms with Crippen LogP contribution in [0.1, 0.15) is 0 Å². The summed E-state index contributed by atoms with van der Waals surface area (Å²) in [5.74, 6) is -0.179. The molecule has 0 heterocycles. The Balaban J connectivity index is 1.94. The van der Waals surface area contributed by atoms with E-state index < -0.39 is 30.5 Å². The van der Waals surface area contributed by atoms with Crippen LogP contribution in [0.2, 0.25) is 20.1 Å². The summed E-state index contributed by atoms with van der Waals surface area (Å²) in [6.45, 7) is 0. The van der Waals surface area contributed by atoms with Gasteiger partial charge in [0.1, 0.15) is 11.4 Å². The number of nitrogens with zero attached hydrogens (tertiary/aromatic N) is 2. The Morgan fingerprint density at radius 2 is 1.45 bits per heavy atom. The van der Waals surface area contributed by atoms with Crippen LogP contribution in [0.5, 0.6) is 11.5 Å². The van der Waals surface area contributed by atoms with Gasteiger partial charge in [-0.2, -0.15) is 0 Å². The number of sulfonamides is 1. The predicted molar refractivity (Wildman–Crippen MR) is 124 cm³/mol. The van der Waals surface area contributed by atoms with Gasteiger partial charge in [-0.25, -0.2) is 8.42 Å². The lowest BCUT2D eigenvalue weighted by Crippen LogP contribution is -2.14. The molecule has 0 atom stereocenters. The van der Waals surface area contributed by atoms with Crippen molar-refractivity contribution in [2.75, 3.05) is 4.72 Å². The molecule has 3 rings (SSSR count). The van der Waals surface area contributed by atoms with E-state index in [1.54, 1.807) is 0 Å². The summed E-state index contributed by atoms with van der Waals surface area (Å²) in [5, 5.41) is 21.5. The van der Waals surface area contributed by atoms with Crippen molar-refractivity contribution < 1.29 is 23.0 Å². The largest absolute Gasteiger partial charge is 0.453 e. The first kappa shape index (κ1) is 24.8. The normalized spacial score (nSPS) is 11.2. The number of non-ortho nitro benzene ring substituents is 1. The van der Waals surface area contributed by atoms with Crippen LogP contribution in [0.3, 0.4) is 0 Å². The second kappa shape index (κ2) is 9.57. The van der Waals surface area contributed by atoms with E-state index in [4.69, 9.17) is 51.1 Å². The molecule has 10 nitrogen and oxygen atoms in total. The average Bonchev–Trinajstić information content (AvgIpc) is 2.72. The van der Waals surface area contributed by atoms with Gasteiger partial charge in [0.05, 0.1) is 29.8 Å². The standard InChI is InChI=1S/C18H9Cl4N3O7S/c19-9-1-3-15(16(5-9)25(28)29)23-33(30,31)11-7-13(21)18(14(22)8-11)32-17-4-2-10(24(26)27)6-12(17)20/h1-8,23H. The van der Waals surface area contributed by atoms with Gasteiger partial charge in [-0.1, -0.05) is 46.4 Å². The summed E-state index contributed by atoms with van der Waals surface area (Å²) in [4.78, 5) is 20.2. The van der Waals surface area contributed by atoms with Crippen LogP contribution < -0.4 is 9.46 Å². The molecule has 0 fully saturated rings. The third kappa shape index (κ3) is 5.57. The smallest absolute Gasteiger partial charge is 0.294 e. The number of hydrogen-bond donors (Lipinski definition) is 1.